The molecule has 0 aliphatic heterocycles. The van der Waals surface area contributed by atoms with Crippen LogP contribution in [0.5, 0.6) is 0 Å². The summed E-state index contributed by atoms with van der Waals surface area (Å²) >= 11 is 1.32. The summed E-state index contributed by atoms with van der Waals surface area (Å²) in [4.78, 5) is 24.9. The van der Waals surface area contributed by atoms with Crippen LogP contribution in [-0.4, -0.2) is 31.3 Å². The van der Waals surface area contributed by atoms with Crippen molar-refractivity contribution < 1.29 is 14.3 Å². The smallest absolute Gasteiger partial charge is 0.340 e. The van der Waals surface area contributed by atoms with E-state index in [2.05, 4.69) is 10.6 Å². The largest absolute Gasteiger partial charge is 0.452 e. The van der Waals surface area contributed by atoms with E-state index in [0.29, 0.717) is 16.9 Å². The molecule has 2 aromatic rings. The number of carbonyl (C=O) groups excluding carboxylic acids is 2. The zero-order valence-electron chi connectivity index (χ0n) is 13.6. The number of nitrogens with one attached hydrogen (secondary N) is 2. The van der Waals surface area contributed by atoms with Crippen molar-refractivity contribution in [2.45, 2.75) is 4.90 Å². The van der Waals surface area contributed by atoms with Crippen LogP contribution in [0, 0.1) is 11.3 Å². The summed E-state index contributed by atoms with van der Waals surface area (Å²) < 4.78 is 5.08. The lowest BCUT2D eigenvalue weighted by Gasteiger charge is -2.11. The molecular formula is C18H17N3O3S. The molecule has 2 aromatic carbocycles. The minimum Gasteiger partial charge on any atom is -0.452 e. The molecule has 128 valence electrons. The van der Waals surface area contributed by atoms with Gasteiger partial charge in [0.1, 0.15) is 0 Å². The first-order valence-corrected chi connectivity index (χ1v) is 8.46. The number of nitriles is 1. The fourth-order valence-corrected chi connectivity index (χ4v) is 2.75. The number of esters is 1. The Hall–Kier alpha value is -2.98. The molecule has 0 radical (unpaired) electrons. The highest BCUT2D eigenvalue weighted by Gasteiger charge is 2.14. The predicted octanol–water partition coefficient (Wildman–Crippen LogP) is 3.14. The Balaban J connectivity index is 1.95. The van der Waals surface area contributed by atoms with Crippen LogP contribution in [0.4, 0.5) is 11.4 Å². The normalized spacial score (nSPS) is 9.76. The third-order valence-corrected chi connectivity index (χ3v) is 4.14. The Kier molecular flexibility index (Phi) is 6.87. The standard InChI is InChI=1S/C18H17N3O3S/c1-20-14-7-3-2-6-13(14)18(23)24-12-17(22)21-15-8-4-5-9-16(15)25-11-10-19/h2-9,20H,11-12H2,1H3,(H,21,22). The van der Waals surface area contributed by atoms with E-state index in [9.17, 15) is 9.59 Å². The summed E-state index contributed by atoms with van der Waals surface area (Å²) in [6.07, 6.45) is 0. The minimum absolute atomic E-state index is 0.280. The molecule has 1 amide bonds. The number of rotatable bonds is 7. The Morgan fingerprint density at radius 1 is 1.12 bits per heavy atom. The molecule has 6 nitrogen and oxygen atoms in total. The van der Waals surface area contributed by atoms with Gasteiger partial charge in [-0.15, -0.1) is 11.8 Å². The van der Waals surface area contributed by atoms with E-state index in [-0.39, 0.29) is 5.75 Å². The molecule has 0 saturated carbocycles. The first-order chi connectivity index (χ1) is 12.2. The second-order valence-corrected chi connectivity index (χ2v) is 5.88. The molecule has 0 atom stereocenters. The van der Waals surface area contributed by atoms with Gasteiger partial charge in [-0.25, -0.2) is 4.79 Å². The van der Waals surface area contributed by atoms with Crippen molar-refractivity contribution in [1.82, 2.24) is 0 Å². The third kappa shape index (κ3) is 5.26. The molecule has 0 saturated heterocycles. The molecule has 0 aliphatic rings. The van der Waals surface area contributed by atoms with Crippen LogP contribution in [0.3, 0.4) is 0 Å². The molecule has 0 spiro atoms. The highest BCUT2D eigenvalue weighted by Crippen LogP contribution is 2.26. The fourth-order valence-electron chi connectivity index (χ4n) is 2.08. The lowest BCUT2D eigenvalue weighted by Crippen LogP contribution is -2.21. The van der Waals surface area contributed by atoms with Gasteiger partial charge in [-0.2, -0.15) is 5.26 Å². The monoisotopic (exact) mass is 355 g/mol. The first-order valence-electron chi connectivity index (χ1n) is 7.48. The number of amides is 1. The van der Waals surface area contributed by atoms with Crippen LogP contribution in [0.15, 0.2) is 53.4 Å². The van der Waals surface area contributed by atoms with Crippen molar-refractivity contribution >= 4 is 35.0 Å². The van der Waals surface area contributed by atoms with E-state index < -0.39 is 18.5 Å². The predicted molar refractivity (Wildman–Crippen MR) is 97.7 cm³/mol. The summed E-state index contributed by atoms with van der Waals surface area (Å²) in [5, 5.41) is 14.3. The number of carbonyl (C=O) groups is 2. The summed E-state index contributed by atoms with van der Waals surface area (Å²) in [7, 11) is 1.70. The number of nitrogens with zero attached hydrogens (tertiary/aromatic N) is 1. The molecule has 0 fully saturated rings. The Morgan fingerprint density at radius 2 is 1.80 bits per heavy atom. The van der Waals surface area contributed by atoms with Crippen LogP contribution in [-0.2, 0) is 9.53 Å². The second-order valence-electron chi connectivity index (χ2n) is 4.86. The lowest BCUT2D eigenvalue weighted by molar-refractivity contribution is -0.119. The van der Waals surface area contributed by atoms with Crippen LogP contribution in [0.2, 0.25) is 0 Å². The second kappa shape index (κ2) is 9.35. The van der Waals surface area contributed by atoms with E-state index in [4.69, 9.17) is 10.00 Å². The van der Waals surface area contributed by atoms with Crippen molar-refractivity contribution in [3.63, 3.8) is 0 Å². The molecule has 0 aromatic heterocycles. The maximum atomic E-state index is 12.1. The van der Waals surface area contributed by atoms with E-state index in [0.717, 1.165) is 4.90 Å². The van der Waals surface area contributed by atoms with E-state index in [1.165, 1.54) is 11.8 Å². The molecule has 0 aliphatic carbocycles. The molecule has 2 rings (SSSR count). The maximum absolute atomic E-state index is 12.1. The van der Waals surface area contributed by atoms with Gasteiger partial charge < -0.3 is 15.4 Å². The van der Waals surface area contributed by atoms with Gasteiger partial charge in [-0.05, 0) is 24.3 Å². The van der Waals surface area contributed by atoms with Gasteiger partial charge in [0.25, 0.3) is 5.91 Å². The van der Waals surface area contributed by atoms with Gasteiger partial charge in [0, 0.05) is 17.6 Å². The Bertz CT molecular complexity index is 802. The van der Waals surface area contributed by atoms with Crippen molar-refractivity contribution in [3.8, 4) is 6.07 Å². The molecule has 0 heterocycles. The highest BCUT2D eigenvalue weighted by molar-refractivity contribution is 7.99. The summed E-state index contributed by atoms with van der Waals surface area (Å²) in [5.41, 5.74) is 1.58. The van der Waals surface area contributed by atoms with E-state index in [1.807, 2.05) is 18.2 Å². The fraction of sp³-hybridized carbons (Fsp3) is 0.167. The summed E-state index contributed by atoms with van der Waals surface area (Å²) in [6.45, 7) is -0.395. The number of hydrogen-bond acceptors (Lipinski definition) is 6. The first kappa shape index (κ1) is 18.4. The average molecular weight is 355 g/mol. The van der Waals surface area contributed by atoms with Gasteiger partial charge in [0.05, 0.1) is 23.1 Å². The molecule has 2 N–H and O–H groups in total. The van der Waals surface area contributed by atoms with E-state index >= 15 is 0 Å². The topological polar surface area (TPSA) is 91.2 Å². The molecule has 0 bridgehead atoms. The van der Waals surface area contributed by atoms with Crippen molar-refractivity contribution in [2.75, 3.05) is 30.0 Å². The lowest BCUT2D eigenvalue weighted by atomic mass is 10.2. The number of ether oxygens (including phenoxy) is 1. The Labute approximate surface area is 150 Å². The van der Waals surface area contributed by atoms with Gasteiger partial charge in [-0.1, -0.05) is 24.3 Å². The molecule has 0 unspecified atom stereocenters. The third-order valence-electron chi connectivity index (χ3n) is 3.20. The summed E-state index contributed by atoms with van der Waals surface area (Å²) in [5.74, 6) is -0.740. The number of para-hydroxylation sites is 2. The zero-order chi connectivity index (χ0) is 18.1. The van der Waals surface area contributed by atoms with Gasteiger partial charge in [-0.3, -0.25) is 4.79 Å². The van der Waals surface area contributed by atoms with Crippen molar-refractivity contribution in [1.29, 1.82) is 5.26 Å². The van der Waals surface area contributed by atoms with Crippen LogP contribution in [0.1, 0.15) is 10.4 Å². The molecule has 7 heteroatoms. The molecule has 25 heavy (non-hydrogen) atoms. The SMILES string of the molecule is CNc1ccccc1C(=O)OCC(=O)Nc1ccccc1SCC#N. The van der Waals surface area contributed by atoms with Crippen LogP contribution in [0.25, 0.3) is 0 Å². The number of anilines is 2. The quantitative estimate of drug-likeness (QED) is 0.586. The zero-order valence-corrected chi connectivity index (χ0v) is 14.4. The van der Waals surface area contributed by atoms with Gasteiger partial charge >= 0.3 is 5.97 Å². The van der Waals surface area contributed by atoms with Gasteiger partial charge in [0.2, 0.25) is 0 Å². The molecular weight excluding hydrogens is 338 g/mol. The van der Waals surface area contributed by atoms with Crippen LogP contribution < -0.4 is 10.6 Å². The van der Waals surface area contributed by atoms with Crippen molar-refractivity contribution in [2.24, 2.45) is 0 Å². The maximum Gasteiger partial charge on any atom is 0.340 e. The van der Waals surface area contributed by atoms with Crippen LogP contribution >= 0.6 is 11.8 Å². The van der Waals surface area contributed by atoms with Crippen molar-refractivity contribution in [3.05, 3.63) is 54.1 Å². The number of benzene rings is 2. The number of hydrogen-bond donors (Lipinski definition) is 2. The minimum atomic E-state index is -0.577. The average Bonchev–Trinajstić information content (AvgIpc) is 2.65. The van der Waals surface area contributed by atoms with Gasteiger partial charge in [0.15, 0.2) is 6.61 Å². The Morgan fingerprint density at radius 3 is 2.52 bits per heavy atom. The summed E-state index contributed by atoms with van der Waals surface area (Å²) in [6, 6.07) is 16.1. The highest BCUT2D eigenvalue weighted by atomic mass is 32.2. The number of thioether (sulfide) groups is 1. The van der Waals surface area contributed by atoms with E-state index in [1.54, 1.807) is 43.4 Å².